The van der Waals surface area contributed by atoms with Gasteiger partial charge in [-0.15, -0.1) is 0 Å². The first-order chi connectivity index (χ1) is 9.85. The Morgan fingerprint density at radius 2 is 2.00 bits per heavy atom. The zero-order valence-electron chi connectivity index (χ0n) is 12.1. The van der Waals surface area contributed by atoms with Gasteiger partial charge in [0.25, 0.3) is 0 Å². The number of methoxy groups -OCH3 is 1. The molecular weight excluding hydrogens is 254 g/mol. The van der Waals surface area contributed by atoms with E-state index in [0.29, 0.717) is 13.2 Å². The first-order valence-electron chi connectivity index (χ1n) is 7.47. The van der Waals surface area contributed by atoms with Gasteiger partial charge >= 0.3 is 0 Å². The number of hydrogen-bond donors (Lipinski definition) is 1. The van der Waals surface area contributed by atoms with E-state index in [1.54, 1.807) is 7.11 Å². The van der Waals surface area contributed by atoms with Gasteiger partial charge in [0.05, 0.1) is 20.3 Å². The van der Waals surface area contributed by atoms with E-state index in [1.807, 2.05) is 6.07 Å². The largest absolute Gasteiger partial charge is 0.493 e. The molecule has 1 aromatic carbocycles. The lowest BCUT2D eigenvalue weighted by Crippen LogP contribution is -2.38. The van der Waals surface area contributed by atoms with Crippen LogP contribution < -0.4 is 14.8 Å². The Hall–Kier alpha value is -1.26. The zero-order valence-corrected chi connectivity index (χ0v) is 12.1. The van der Waals surface area contributed by atoms with Gasteiger partial charge < -0.3 is 19.5 Å². The third kappa shape index (κ3) is 3.25. The summed E-state index contributed by atoms with van der Waals surface area (Å²) < 4.78 is 16.5. The van der Waals surface area contributed by atoms with Crippen LogP contribution in [0.5, 0.6) is 11.5 Å². The highest BCUT2D eigenvalue weighted by molar-refractivity contribution is 5.43. The van der Waals surface area contributed by atoms with Gasteiger partial charge in [0.15, 0.2) is 11.5 Å². The van der Waals surface area contributed by atoms with Crippen molar-refractivity contribution in [2.45, 2.75) is 25.4 Å². The molecule has 0 atom stereocenters. The number of ether oxygens (including phenoxy) is 3. The lowest BCUT2D eigenvalue weighted by Gasteiger charge is -2.27. The molecule has 4 heteroatoms. The SMILES string of the molecule is COc1cc(CC2CCNCC2)ccc1OC1COC1. The van der Waals surface area contributed by atoms with Crippen LogP contribution in [0.1, 0.15) is 18.4 Å². The second-order valence-electron chi connectivity index (χ2n) is 5.66. The molecule has 0 aliphatic carbocycles. The molecular formula is C16H23NO3. The Kier molecular flexibility index (Phi) is 4.43. The standard InChI is InChI=1S/C16H23NO3/c1-18-16-9-13(8-12-4-6-17-7-5-12)2-3-15(16)20-14-10-19-11-14/h2-3,9,12,14,17H,4-8,10-11H2,1H3. The van der Waals surface area contributed by atoms with Gasteiger partial charge in [0.1, 0.15) is 6.10 Å². The van der Waals surface area contributed by atoms with Crippen LogP contribution in [-0.2, 0) is 11.2 Å². The Bertz CT molecular complexity index is 439. The summed E-state index contributed by atoms with van der Waals surface area (Å²) in [7, 11) is 1.70. The molecule has 110 valence electrons. The molecule has 0 amide bonds. The molecule has 2 aliphatic heterocycles. The van der Waals surface area contributed by atoms with Gasteiger partial charge in [-0.25, -0.2) is 0 Å². The van der Waals surface area contributed by atoms with Crippen LogP contribution in [0.4, 0.5) is 0 Å². The van der Waals surface area contributed by atoms with Crippen molar-refractivity contribution < 1.29 is 14.2 Å². The third-order valence-corrected chi connectivity index (χ3v) is 4.11. The summed E-state index contributed by atoms with van der Waals surface area (Å²) in [4.78, 5) is 0. The number of hydrogen-bond acceptors (Lipinski definition) is 4. The van der Waals surface area contributed by atoms with Crippen molar-refractivity contribution in [1.82, 2.24) is 5.32 Å². The summed E-state index contributed by atoms with van der Waals surface area (Å²) in [6.07, 6.45) is 3.84. The number of nitrogens with one attached hydrogen (secondary N) is 1. The smallest absolute Gasteiger partial charge is 0.161 e. The highest BCUT2D eigenvalue weighted by atomic mass is 16.6. The molecule has 0 spiro atoms. The van der Waals surface area contributed by atoms with E-state index < -0.39 is 0 Å². The van der Waals surface area contributed by atoms with Crippen molar-refractivity contribution in [3.05, 3.63) is 23.8 Å². The second-order valence-corrected chi connectivity index (χ2v) is 5.66. The Morgan fingerprint density at radius 1 is 1.20 bits per heavy atom. The fourth-order valence-electron chi connectivity index (χ4n) is 2.82. The number of benzene rings is 1. The molecule has 2 heterocycles. The zero-order chi connectivity index (χ0) is 13.8. The molecule has 4 nitrogen and oxygen atoms in total. The van der Waals surface area contributed by atoms with Crippen LogP contribution in [0.3, 0.4) is 0 Å². The lowest BCUT2D eigenvalue weighted by molar-refractivity contribution is -0.0803. The van der Waals surface area contributed by atoms with E-state index in [-0.39, 0.29) is 6.10 Å². The van der Waals surface area contributed by atoms with Crippen LogP contribution in [-0.4, -0.2) is 39.5 Å². The summed E-state index contributed by atoms with van der Waals surface area (Å²) in [6.45, 7) is 3.65. The number of rotatable bonds is 5. The lowest BCUT2D eigenvalue weighted by atomic mass is 9.91. The predicted molar refractivity (Wildman–Crippen MR) is 77.5 cm³/mol. The fourth-order valence-corrected chi connectivity index (χ4v) is 2.82. The highest BCUT2D eigenvalue weighted by Gasteiger charge is 2.22. The fraction of sp³-hybridized carbons (Fsp3) is 0.625. The van der Waals surface area contributed by atoms with Gasteiger partial charge in [-0.1, -0.05) is 6.07 Å². The van der Waals surface area contributed by atoms with Gasteiger partial charge in [-0.05, 0) is 56.0 Å². The van der Waals surface area contributed by atoms with E-state index in [1.165, 1.54) is 18.4 Å². The van der Waals surface area contributed by atoms with Crippen LogP contribution in [0.2, 0.25) is 0 Å². The van der Waals surface area contributed by atoms with Crippen molar-refractivity contribution in [1.29, 1.82) is 0 Å². The molecule has 0 aromatic heterocycles. The summed E-state index contributed by atoms with van der Waals surface area (Å²) in [6, 6.07) is 6.32. The normalized spacial score (nSPS) is 20.4. The van der Waals surface area contributed by atoms with Crippen molar-refractivity contribution in [3.63, 3.8) is 0 Å². The van der Waals surface area contributed by atoms with E-state index in [4.69, 9.17) is 14.2 Å². The molecule has 3 rings (SSSR count). The minimum Gasteiger partial charge on any atom is -0.493 e. The summed E-state index contributed by atoms with van der Waals surface area (Å²) in [5.74, 6) is 2.45. The Balaban J connectivity index is 1.65. The summed E-state index contributed by atoms with van der Waals surface area (Å²) in [5, 5.41) is 3.41. The average Bonchev–Trinajstić information content (AvgIpc) is 2.45. The third-order valence-electron chi connectivity index (χ3n) is 4.11. The molecule has 2 aliphatic rings. The predicted octanol–water partition coefficient (Wildman–Crippen LogP) is 2.01. The van der Waals surface area contributed by atoms with Crippen LogP contribution in [0, 0.1) is 5.92 Å². The Labute approximate surface area is 120 Å². The van der Waals surface area contributed by atoms with Gasteiger partial charge in [0, 0.05) is 0 Å². The molecule has 1 aromatic rings. The first-order valence-corrected chi connectivity index (χ1v) is 7.47. The van der Waals surface area contributed by atoms with Gasteiger partial charge in [0.2, 0.25) is 0 Å². The van der Waals surface area contributed by atoms with E-state index >= 15 is 0 Å². The summed E-state index contributed by atoms with van der Waals surface area (Å²) in [5.41, 5.74) is 1.34. The van der Waals surface area contributed by atoms with E-state index in [9.17, 15) is 0 Å². The highest BCUT2D eigenvalue weighted by Crippen LogP contribution is 2.31. The van der Waals surface area contributed by atoms with E-state index in [0.717, 1.165) is 36.9 Å². The molecule has 0 bridgehead atoms. The van der Waals surface area contributed by atoms with Crippen LogP contribution >= 0.6 is 0 Å². The van der Waals surface area contributed by atoms with Gasteiger partial charge in [-0.3, -0.25) is 0 Å². The average molecular weight is 277 g/mol. The maximum absolute atomic E-state index is 5.86. The van der Waals surface area contributed by atoms with Crippen LogP contribution in [0.15, 0.2) is 18.2 Å². The maximum atomic E-state index is 5.86. The molecule has 1 N–H and O–H groups in total. The molecule has 0 saturated carbocycles. The van der Waals surface area contributed by atoms with Crippen molar-refractivity contribution >= 4 is 0 Å². The van der Waals surface area contributed by atoms with Gasteiger partial charge in [-0.2, -0.15) is 0 Å². The van der Waals surface area contributed by atoms with E-state index in [2.05, 4.69) is 17.4 Å². The monoisotopic (exact) mass is 277 g/mol. The van der Waals surface area contributed by atoms with Crippen molar-refractivity contribution in [2.75, 3.05) is 33.4 Å². The van der Waals surface area contributed by atoms with Crippen molar-refractivity contribution in [2.24, 2.45) is 5.92 Å². The molecule has 2 fully saturated rings. The number of piperidine rings is 1. The molecule has 2 saturated heterocycles. The molecule has 0 unspecified atom stereocenters. The summed E-state index contributed by atoms with van der Waals surface area (Å²) >= 11 is 0. The topological polar surface area (TPSA) is 39.7 Å². The van der Waals surface area contributed by atoms with Crippen LogP contribution in [0.25, 0.3) is 0 Å². The maximum Gasteiger partial charge on any atom is 0.161 e. The minimum atomic E-state index is 0.180. The minimum absolute atomic E-state index is 0.180. The quantitative estimate of drug-likeness (QED) is 0.894. The molecule has 0 radical (unpaired) electrons. The second kappa shape index (κ2) is 6.46. The van der Waals surface area contributed by atoms with Crippen molar-refractivity contribution in [3.8, 4) is 11.5 Å². The Morgan fingerprint density at radius 3 is 2.65 bits per heavy atom. The first kappa shape index (κ1) is 13.7. The molecule has 20 heavy (non-hydrogen) atoms.